The van der Waals surface area contributed by atoms with Crippen molar-refractivity contribution in [2.45, 2.75) is 44.4 Å². The van der Waals surface area contributed by atoms with Gasteiger partial charge in [0, 0.05) is 76.8 Å². The zero-order valence-electron chi connectivity index (χ0n) is 45.5. The number of hydrogen-bond donors (Lipinski definition) is 0. The Morgan fingerprint density at radius 3 is 1.23 bits per heavy atom. The van der Waals surface area contributed by atoms with Crippen molar-refractivity contribution in [3.8, 4) is 61.4 Å². The minimum absolute atomic E-state index is 0. The first-order valence-electron chi connectivity index (χ1n) is 25.9. The molecule has 7 nitrogen and oxygen atoms in total. The van der Waals surface area contributed by atoms with Crippen molar-refractivity contribution in [2.24, 2.45) is 0 Å². The number of fused-ring (bicyclic) bond motifs is 6. The van der Waals surface area contributed by atoms with E-state index >= 15 is 0 Å². The van der Waals surface area contributed by atoms with Crippen molar-refractivity contribution < 1.29 is 98.3 Å². The van der Waals surface area contributed by atoms with Gasteiger partial charge in [0.2, 0.25) is 0 Å². The Bertz CT molecular complexity index is 4250. The molecule has 1 aliphatic heterocycles. The number of para-hydroxylation sites is 2. The Hall–Kier alpha value is -6.53. The van der Waals surface area contributed by atoms with Crippen molar-refractivity contribution in [2.75, 3.05) is 0 Å². The van der Waals surface area contributed by atoms with E-state index in [0.29, 0.717) is 26.4 Å². The van der Waals surface area contributed by atoms with E-state index in [1.165, 1.54) is 50.6 Å². The molecule has 1 radical (unpaired) electrons. The molecule has 0 spiro atoms. The molecule has 84 heavy (non-hydrogen) atoms. The zero-order valence-corrected chi connectivity index (χ0v) is 53.4. The molecule has 1 fully saturated rings. The van der Waals surface area contributed by atoms with Gasteiger partial charge in [0.15, 0.2) is 11.3 Å². The van der Waals surface area contributed by atoms with E-state index in [4.69, 9.17) is 41.3 Å². The van der Waals surface area contributed by atoms with Crippen LogP contribution in [0.3, 0.4) is 0 Å². The molecular weight excluding hydrogens is 1400 g/mol. The first-order chi connectivity index (χ1) is 38.8. The summed E-state index contributed by atoms with van der Waals surface area (Å²) < 4.78 is 88.0. The summed E-state index contributed by atoms with van der Waals surface area (Å²) in [5.74, 6) is -0.554. The van der Waals surface area contributed by atoms with Crippen LogP contribution in [0.25, 0.3) is 99.5 Å². The van der Waals surface area contributed by atoms with Crippen LogP contribution in [-0.4, -0.2) is 32.2 Å². The Morgan fingerprint density at radius 2 is 0.810 bits per heavy atom. The summed E-state index contributed by atoms with van der Waals surface area (Å²) in [6, 6.07) is 76.0. The second-order valence-corrected chi connectivity index (χ2v) is 22.8. The summed E-state index contributed by atoms with van der Waals surface area (Å²) in [5, 5.41) is 3.86. The Kier molecular flexibility index (Phi) is 19.6. The van der Waals surface area contributed by atoms with Gasteiger partial charge in [-0.05, 0) is 138 Å². The number of halogens is 6. The topological polar surface area (TPSA) is 88.1 Å². The fourth-order valence-electron chi connectivity index (χ4n) is 9.78. The van der Waals surface area contributed by atoms with Crippen molar-refractivity contribution >= 4 is 89.8 Å². The summed E-state index contributed by atoms with van der Waals surface area (Å²) >= 11 is 12.6. The van der Waals surface area contributed by atoms with E-state index < -0.39 is 21.4 Å². The maximum atomic E-state index is 12.4. The molecule has 0 N–H and O–H groups in total. The third kappa shape index (κ3) is 13.1. The molecule has 421 valence electrons. The molecule has 0 saturated carbocycles. The average molecular weight is 1450 g/mol. The number of furan rings is 2. The second-order valence-electron chi connectivity index (χ2n) is 20.4. The molecule has 0 amide bonds. The summed E-state index contributed by atoms with van der Waals surface area (Å²) in [6.45, 7) is 8.36. The monoisotopic (exact) mass is 1450 g/mol. The molecule has 17 heteroatoms. The molecule has 0 bridgehead atoms. The maximum Gasteiger partial charge on any atom is 0.534 e. The smallest absolute Gasteiger partial charge is 0.455 e. The van der Waals surface area contributed by atoms with E-state index in [0.717, 1.165) is 44.6 Å². The molecular formula is C67H51BCl2F4O7SUV. The van der Waals surface area contributed by atoms with E-state index in [1.807, 2.05) is 42.5 Å². The molecule has 0 atom stereocenters. The van der Waals surface area contributed by atoms with Crippen LogP contribution in [0.4, 0.5) is 17.9 Å². The summed E-state index contributed by atoms with van der Waals surface area (Å²) in [6.07, 6.45) is 0. The zero-order chi connectivity index (χ0) is 56.7. The van der Waals surface area contributed by atoms with Gasteiger partial charge in [-0.2, -0.15) is 21.6 Å². The largest absolute Gasteiger partial charge is 0.534 e. The van der Waals surface area contributed by atoms with Gasteiger partial charge >= 0.3 is 22.7 Å². The van der Waals surface area contributed by atoms with Gasteiger partial charge in [-0.3, -0.25) is 4.70 Å². The molecule has 0 unspecified atom stereocenters. The number of rotatable bonds is 8. The van der Waals surface area contributed by atoms with Gasteiger partial charge in [-0.25, -0.2) is 0 Å². The van der Waals surface area contributed by atoms with Crippen molar-refractivity contribution in [1.82, 2.24) is 0 Å². The van der Waals surface area contributed by atoms with Gasteiger partial charge in [-0.15, -0.1) is 0 Å². The Morgan fingerprint density at radius 1 is 0.452 bits per heavy atom. The standard InChI is InChI=1S/C30H19ClO.C24H25BO2.C13H6ClF3O4S.FH.U.V/c31-27-15-8-16-28-29(27)26-14-7-13-25(30(26)32-28)24-18-22(20-9-3-1-4-10-20)17-23(19-24)21-11-5-2-6-12-21;1-23(2)24(3,4)27-25(26-23)22-16-20(18-11-7-5-8-12-18)15-21(17-22)19-13-9-6-10-14-19;14-8-4-2-5-9-11(8)7-3-1-6-10(12(7)20-9)21-22(18,19)13(15,16)17;;;/h1-19H;5-17H,1-4H3;1-6H;1H;;. The summed E-state index contributed by atoms with van der Waals surface area (Å²) in [4.78, 5) is 0. The van der Waals surface area contributed by atoms with Gasteiger partial charge in [0.1, 0.15) is 16.7 Å². The molecule has 1 aliphatic rings. The van der Waals surface area contributed by atoms with Crippen LogP contribution in [0.2, 0.25) is 10.0 Å². The molecule has 13 rings (SSSR count). The van der Waals surface area contributed by atoms with E-state index in [9.17, 15) is 21.6 Å². The van der Waals surface area contributed by atoms with Crippen LogP contribution in [-0.2, 0) is 38.0 Å². The molecule has 12 aromatic rings. The summed E-state index contributed by atoms with van der Waals surface area (Å²) in [5.41, 5.74) is 8.27. The molecule has 2 aromatic heterocycles. The fraction of sp³-hybridized carbons (Fsp3) is 0.104. The van der Waals surface area contributed by atoms with Gasteiger partial charge in [0.05, 0.1) is 21.2 Å². The van der Waals surface area contributed by atoms with Crippen molar-refractivity contribution in [3.63, 3.8) is 0 Å². The Labute approximate surface area is 529 Å². The molecule has 0 aliphatic carbocycles. The quantitative estimate of drug-likeness (QED) is 0.0648. The van der Waals surface area contributed by atoms with Crippen LogP contribution in [0.5, 0.6) is 5.75 Å². The van der Waals surface area contributed by atoms with E-state index in [1.54, 1.807) is 24.3 Å². The third-order valence-corrected chi connectivity index (χ3v) is 16.1. The van der Waals surface area contributed by atoms with E-state index in [-0.39, 0.29) is 78.3 Å². The maximum absolute atomic E-state index is 12.4. The predicted molar refractivity (Wildman–Crippen MR) is 325 cm³/mol. The normalized spacial score (nSPS) is 13.4. The Balaban J connectivity index is 0.000000164. The number of hydrogen-bond acceptors (Lipinski definition) is 7. The van der Waals surface area contributed by atoms with E-state index in [2.05, 4.69) is 184 Å². The predicted octanol–water partition coefficient (Wildman–Crippen LogP) is 19.2. The van der Waals surface area contributed by atoms with Gasteiger partial charge < -0.3 is 22.3 Å². The van der Waals surface area contributed by atoms with Crippen LogP contribution in [0, 0.1) is 31.1 Å². The molecule has 10 aromatic carbocycles. The minimum atomic E-state index is -5.78. The first kappa shape index (κ1) is 63.5. The average Bonchev–Trinajstić information content (AvgIpc) is 3.32. The minimum Gasteiger partial charge on any atom is -0.455 e. The number of benzene rings is 10. The van der Waals surface area contributed by atoms with Crippen molar-refractivity contribution in [3.05, 3.63) is 241 Å². The second kappa shape index (κ2) is 26.0. The van der Waals surface area contributed by atoms with Gasteiger partial charge in [0.25, 0.3) is 0 Å². The first-order valence-corrected chi connectivity index (χ1v) is 28.1. The third-order valence-electron chi connectivity index (χ3n) is 14.5. The van der Waals surface area contributed by atoms with Gasteiger partial charge in [-0.1, -0.05) is 199 Å². The van der Waals surface area contributed by atoms with Crippen LogP contribution < -0.4 is 9.65 Å². The van der Waals surface area contributed by atoms with Crippen LogP contribution >= 0.6 is 23.2 Å². The molecule has 1 saturated heterocycles. The fourth-order valence-corrected chi connectivity index (χ4v) is 10.8. The molecule has 3 heterocycles. The number of alkyl halides is 3. The summed E-state index contributed by atoms with van der Waals surface area (Å²) in [7, 11) is -6.16. The SMILES string of the molecule is CC1(C)OB(c2cc(-c3ccccc3)cc(-c3ccccc3)c2)OC1(C)C.Clc1cccc2oc3c(-c4cc(-c5ccccc5)cc(-c5ccccc5)c4)cccc3c12.F.O=S(=O)(Oc1cccc2c1oc1cccc(Cl)c12)C(F)(F)F.[U].[V]. The van der Waals surface area contributed by atoms with Crippen molar-refractivity contribution in [1.29, 1.82) is 0 Å². The van der Waals surface area contributed by atoms with Crippen LogP contribution in [0.15, 0.2) is 239 Å². The van der Waals surface area contributed by atoms with Crippen LogP contribution in [0.1, 0.15) is 27.7 Å².